The van der Waals surface area contributed by atoms with Crippen LogP contribution in [0.1, 0.15) is 33.8 Å². The van der Waals surface area contributed by atoms with Gasteiger partial charge in [0.15, 0.2) is 10.4 Å². The summed E-state index contributed by atoms with van der Waals surface area (Å²) >= 11 is 3.20. The Morgan fingerprint density at radius 2 is 1.87 bits per heavy atom. The summed E-state index contributed by atoms with van der Waals surface area (Å²) in [6.07, 6.45) is 4.01. The van der Waals surface area contributed by atoms with Crippen LogP contribution in [0.15, 0.2) is 63.8 Å². The smallest absolute Gasteiger partial charge is 0.293 e. The lowest BCUT2D eigenvalue weighted by Gasteiger charge is -2.19. The van der Waals surface area contributed by atoms with Crippen LogP contribution in [-0.2, 0) is 0 Å². The summed E-state index contributed by atoms with van der Waals surface area (Å²) in [5.41, 5.74) is 1.46. The summed E-state index contributed by atoms with van der Waals surface area (Å²) in [5.74, 6) is 0.432. The zero-order chi connectivity index (χ0) is 21.1. The summed E-state index contributed by atoms with van der Waals surface area (Å²) < 4.78 is 5.82. The highest BCUT2D eigenvalue weighted by atomic mass is 79.9. The molecule has 1 aliphatic heterocycles. The van der Waals surface area contributed by atoms with E-state index in [0.29, 0.717) is 21.6 Å². The van der Waals surface area contributed by atoms with Gasteiger partial charge in [0.2, 0.25) is 0 Å². The minimum Gasteiger partial charge on any atom is -0.444 e. The van der Waals surface area contributed by atoms with Crippen molar-refractivity contribution in [3.63, 3.8) is 0 Å². The van der Waals surface area contributed by atoms with Crippen LogP contribution in [0.4, 0.5) is 17.2 Å². The highest BCUT2D eigenvalue weighted by Gasteiger charge is 2.22. The fourth-order valence-electron chi connectivity index (χ4n) is 3.45. The molecule has 3 heterocycles. The average molecular weight is 469 g/mol. The standard InChI is InChI=1S/C22H21BrN4O3/c1-26(22(29)18-9-10-19(23)30-18)17-7-3-2-6-16(17)21(28)25-15-8-11-20(24-14-15)27-12-4-5-13-27/h2-3,6-11,14H,4-5,12-13H2,1H3,(H,25,28). The molecule has 8 heteroatoms. The SMILES string of the molecule is CN(C(=O)c1ccc(Br)o1)c1ccccc1C(=O)Nc1ccc(N2CCCC2)nc1. The minimum atomic E-state index is -0.349. The van der Waals surface area contributed by atoms with Gasteiger partial charge in [-0.2, -0.15) is 0 Å². The van der Waals surface area contributed by atoms with Gasteiger partial charge in [-0.3, -0.25) is 9.59 Å². The largest absolute Gasteiger partial charge is 0.444 e. The van der Waals surface area contributed by atoms with E-state index in [1.165, 1.54) is 17.7 Å². The van der Waals surface area contributed by atoms with Crippen LogP contribution in [0.25, 0.3) is 0 Å². The van der Waals surface area contributed by atoms with E-state index in [0.717, 1.165) is 18.9 Å². The third-order valence-corrected chi connectivity index (χ3v) is 5.46. The first-order valence-corrected chi connectivity index (χ1v) is 10.5. The molecule has 0 unspecified atom stereocenters. The summed E-state index contributed by atoms with van der Waals surface area (Å²) in [6.45, 7) is 2.03. The zero-order valence-corrected chi connectivity index (χ0v) is 18.1. The van der Waals surface area contributed by atoms with Gasteiger partial charge in [0.1, 0.15) is 5.82 Å². The summed E-state index contributed by atoms with van der Waals surface area (Å²) in [5, 5.41) is 2.87. The van der Waals surface area contributed by atoms with E-state index in [9.17, 15) is 9.59 Å². The fraction of sp³-hybridized carbons (Fsp3) is 0.227. The van der Waals surface area contributed by atoms with Crippen LogP contribution in [0.2, 0.25) is 0 Å². The Hall–Kier alpha value is -3.13. The number of halogens is 1. The first-order valence-electron chi connectivity index (χ1n) is 9.68. The Kier molecular flexibility index (Phi) is 5.85. The normalized spacial score (nSPS) is 13.3. The van der Waals surface area contributed by atoms with Crippen molar-refractivity contribution < 1.29 is 14.0 Å². The summed E-state index contributed by atoms with van der Waals surface area (Å²) in [7, 11) is 1.61. The van der Waals surface area contributed by atoms with Crippen LogP contribution in [0, 0.1) is 0 Å². The zero-order valence-electron chi connectivity index (χ0n) is 16.5. The molecular formula is C22H21BrN4O3. The first-order chi connectivity index (χ1) is 14.5. The number of para-hydroxylation sites is 1. The molecule has 2 aromatic heterocycles. The van der Waals surface area contributed by atoms with Gasteiger partial charge in [-0.25, -0.2) is 4.98 Å². The number of aromatic nitrogens is 1. The molecule has 1 N–H and O–H groups in total. The van der Waals surface area contributed by atoms with Crippen molar-refractivity contribution in [2.75, 3.05) is 35.3 Å². The van der Waals surface area contributed by atoms with Gasteiger partial charge in [-0.1, -0.05) is 12.1 Å². The topological polar surface area (TPSA) is 78.7 Å². The molecule has 7 nitrogen and oxygen atoms in total. The molecule has 0 spiro atoms. The molecule has 0 bridgehead atoms. The van der Waals surface area contributed by atoms with Gasteiger partial charge >= 0.3 is 0 Å². The van der Waals surface area contributed by atoms with Gasteiger partial charge in [-0.15, -0.1) is 0 Å². The van der Waals surface area contributed by atoms with Crippen molar-refractivity contribution in [3.05, 3.63) is 70.7 Å². The Balaban J connectivity index is 1.51. The van der Waals surface area contributed by atoms with E-state index in [2.05, 4.69) is 31.1 Å². The number of hydrogen-bond donors (Lipinski definition) is 1. The van der Waals surface area contributed by atoms with Gasteiger partial charge in [0.05, 0.1) is 23.1 Å². The Labute approximate surface area is 182 Å². The van der Waals surface area contributed by atoms with E-state index in [1.54, 1.807) is 49.6 Å². The molecule has 1 saturated heterocycles. The molecule has 0 radical (unpaired) electrons. The quantitative estimate of drug-likeness (QED) is 0.593. The molecule has 0 atom stereocenters. The van der Waals surface area contributed by atoms with Crippen molar-refractivity contribution in [1.29, 1.82) is 0 Å². The molecule has 154 valence electrons. The molecule has 1 fully saturated rings. The van der Waals surface area contributed by atoms with Gasteiger partial charge in [0, 0.05) is 20.1 Å². The molecule has 0 aliphatic carbocycles. The summed E-state index contributed by atoms with van der Waals surface area (Å²) in [4.78, 5) is 33.7. The number of carbonyl (C=O) groups is 2. The molecule has 30 heavy (non-hydrogen) atoms. The lowest BCUT2D eigenvalue weighted by atomic mass is 10.1. The fourth-order valence-corrected chi connectivity index (χ4v) is 3.76. The van der Waals surface area contributed by atoms with Crippen LogP contribution in [0.3, 0.4) is 0 Å². The van der Waals surface area contributed by atoms with Gasteiger partial charge in [-0.05, 0) is 65.2 Å². The second-order valence-corrected chi connectivity index (χ2v) is 7.82. The second kappa shape index (κ2) is 8.71. The number of benzene rings is 1. The molecule has 0 saturated carbocycles. The van der Waals surface area contributed by atoms with Crippen molar-refractivity contribution in [1.82, 2.24) is 4.98 Å². The number of anilines is 3. The molecule has 3 aromatic rings. The number of pyridine rings is 1. The Morgan fingerprint density at radius 1 is 1.10 bits per heavy atom. The van der Waals surface area contributed by atoms with E-state index in [1.807, 2.05) is 12.1 Å². The highest BCUT2D eigenvalue weighted by molar-refractivity contribution is 9.10. The minimum absolute atomic E-state index is 0.182. The van der Waals surface area contributed by atoms with Crippen molar-refractivity contribution in [2.24, 2.45) is 0 Å². The van der Waals surface area contributed by atoms with Crippen LogP contribution in [0.5, 0.6) is 0 Å². The number of hydrogen-bond acceptors (Lipinski definition) is 5. The van der Waals surface area contributed by atoms with E-state index in [-0.39, 0.29) is 17.6 Å². The third-order valence-electron chi connectivity index (χ3n) is 5.03. The molecular weight excluding hydrogens is 448 g/mol. The molecule has 1 aliphatic rings. The maximum atomic E-state index is 12.9. The Morgan fingerprint density at radius 3 is 2.53 bits per heavy atom. The summed E-state index contributed by atoms with van der Waals surface area (Å²) in [6, 6.07) is 13.9. The van der Waals surface area contributed by atoms with E-state index >= 15 is 0 Å². The molecule has 1 aromatic carbocycles. The predicted octanol–water partition coefficient (Wildman–Crippen LogP) is 4.57. The molecule has 4 rings (SSSR count). The number of amides is 2. The monoisotopic (exact) mass is 468 g/mol. The number of rotatable bonds is 5. The highest BCUT2D eigenvalue weighted by Crippen LogP contribution is 2.25. The van der Waals surface area contributed by atoms with Crippen LogP contribution in [-0.4, -0.2) is 36.9 Å². The number of nitrogens with zero attached hydrogens (tertiary/aromatic N) is 3. The Bertz CT molecular complexity index is 1060. The van der Waals surface area contributed by atoms with Crippen molar-refractivity contribution >= 4 is 44.9 Å². The predicted molar refractivity (Wildman–Crippen MR) is 119 cm³/mol. The lowest BCUT2D eigenvalue weighted by molar-refractivity contribution is 0.0965. The van der Waals surface area contributed by atoms with Gasteiger partial charge < -0.3 is 19.5 Å². The second-order valence-electron chi connectivity index (χ2n) is 7.04. The third kappa shape index (κ3) is 4.23. The van der Waals surface area contributed by atoms with Gasteiger partial charge in [0.25, 0.3) is 11.8 Å². The van der Waals surface area contributed by atoms with E-state index < -0.39 is 0 Å². The van der Waals surface area contributed by atoms with Crippen LogP contribution >= 0.6 is 15.9 Å². The lowest BCUT2D eigenvalue weighted by Crippen LogP contribution is -2.28. The van der Waals surface area contributed by atoms with Crippen LogP contribution < -0.4 is 15.1 Å². The average Bonchev–Trinajstić information content (AvgIpc) is 3.45. The maximum Gasteiger partial charge on any atom is 0.293 e. The molecule has 2 amide bonds. The van der Waals surface area contributed by atoms with Crippen molar-refractivity contribution in [2.45, 2.75) is 12.8 Å². The number of furan rings is 1. The first kappa shape index (κ1) is 20.2. The number of nitrogens with one attached hydrogen (secondary N) is 1. The van der Waals surface area contributed by atoms with E-state index in [4.69, 9.17) is 4.42 Å². The van der Waals surface area contributed by atoms with Crippen molar-refractivity contribution in [3.8, 4) is 0 Å². The number of carbonyl (C=O) groups excluding carboxylic acids is 2. The maximum absolute atomic E-state index is 12.9.